The number of urea groups is 1. The van der Waals surface area contributed by atoms with Gasteiger partial charge in [-0.1, -0.05) is 12.1 Å². The molecule has 5 nitrogen and oxygen atoms in total. The van der Waals surface area contributed by atoms with E-state index in [1.54, 1.807) is 7.11 Å². The smallest absolute Gasteiger partial charge is 0.319 e. The van der Waals surface area contributed by atoms with Crippen molar-refractivity contribution in [3.63, 3.8) is 0 Å². The number of anilines is 1. The number of nitrogens with one attached hydrogen (secondary N) is 2. The van der Waals surface area contributed by atoms with E-state index in [4.69, 9.17) is 4.74 Å². The molecule has 138 valence electrons. The van der Waals surface area contributed by atoms with Crippen molar-refractivity contribution >= 4 is 11.7 Å². The number of nitrogens with zero attached hydrogens (tertiary/aromatic N) is 1. The van der Waals surface area contributed by atoms with Crippen LogP contribution in [0.15, 0.2) is 48.5 Å². The van der Waals surface area contributed by atoms with Crippen molar-refractivity contribution in [2.24, 2.45) is 0 Å². The number of benzene rings is 2. The molecular formula is C20H24FN3O2. The number of carbonyl (C=O) groups is 1. The molecule has 2 N–H and O–H groups in total. The number of amides is 2. The Kier molecular flexibility index (Phi) is 6.07. The van der Waals surface area contributed by atoms with Gasteiger partial charge in [-0.15, -0.1) is 0 Å². The molecule has 0 aliphatic carbocycles. The summed E-state index contributed by atoms with van der Waals surface area (Å²) in [7, 11) is 1.65. The average Bonchev–Trinajstić information content (AvgIpc) is 3.19. The molecule has 3 rings (SSSR count). The third-order valence-electron chi connectivity index (χ3n) is 4.64. The third kappa shape index (κ3) is 4.73. The maximum atomic E-state index is 12.9. The highest BCUT2D eigenvalue weighted by Crippen LogP contribution is 2.26. The number of hydrogen-bond donors (Lipinski definition) is 2. The molecule has 0 aromatic heterocycles. The normalized spacial score (nSPS) is 15.5. The topological polar surface area (TPSA) is 53.6 Å². The minimum Gasteiger partial charge on any atom is -0.497 e. The molecule has 6 heteroatoms. The number of rotatable bonds is 6. The van der Waals surface area contributed by atoms with Gasteiger partial charge in [0.1, 0.15) is 11.6 Å². The monoisotopic (exact) mass is 357 g/mol. The van der Waals surface area contributed by atoms with E-state index in [0.29, 0.717) is 12.2 Å². The maximum Gasteiger partial charge on any atom is 0.319 e. The summed E-state index contributed by atoms with van der Waals surface area (Å²) in [6.45, 7) is 2.55. The molecule has 1 fully saturated rings. The Hall–Kier alpha value is -2.60. The van der Waals surface area contributed by atoms with E-state index < -0.39 is 0 Å². The lowest BCUT2D eigenvalue weighted by atomic mass is 10.1. The standard InChI is InChI=1S/C20H24FN3O2/c1-26-18-10-4-15(5-11-18)19(24-12-2-3-13-24)14-22-20(25)23-17-8-6-16(21)7-9-17/h4-11,19H,2-3,12-14H2,1H3,(H2,22,23,25)/t19-/m0/s1. The van der Waals surface area contributed by atoms with E-state index in [0.717, 1.165) is 24.4 Å². The fourth-order valence-corrected chi connectivity index (χ4v) is 3.23. The van der Waals surface area contributed by atoms with Crippen LogP contribution in [0.3, 0.4) is 0 Å². The van der Waals surface area contributed by atoms with E-state index >= 15 is 0 Å². The van der Waals surface area contributed by atoms with E-state index in [2.05, 4.69) is 15.5 Å². The second kappa shape index (κ2) is 8.67. The van der Waals surface area contributed by atoms with E-state index in [-0.39, 0.29) is 17.9 Å². The van der Waals surface area contributed by atoms with Crippen LogP contribution >= 0.6 is 0 Å². The molecule has 2 amide bonds. The summed E-state index contributed by atoms with van der Waals surface area (Å²) < 4.78 is 18.2. The van der Waals surface area contributed by atoms with Crippen molar-refractivity contribution in [2.45, 2.75) is 18.9 Å². The predicted octanol–water partition coefficient (Wildman–Crippen LogP) is 3.79. The number of methoxy groups -OCH3 is 1. The Morgan fingerprint density at radius 1 is 1.12 bits per heavy atom. The van der Waals surface area contributed by atoms with Gasteiger partial charge in [-0.2, -0.15) is 0 Å². The van der Waals surface area contributed by atoms with Gasteiger partial charge in [-0.25, -0.2) is 9.18 Å². The number of halogens is 1. The Balaban J connectivity index is 1.63. The van der Waals surface area contributed by atoms with Gasteiger partial charge in [-0.05, 0) is 67.9 Å². The van der Waals surface area contributed by atoms with E-state index in [1.807, 2.05) is 24.3 Å². The Morgan fingerprint density at radius 3 is 2.38 bits per heavy atom. The zero-order chi connectivity index (χ0) is 18.4. The van der Waals surface area contributed by atoms with Crippen LogP contribution in [0.1, 0.15) is 24.4 Å². The molecule has 1 aliphatic rings. The van der Waals surface area contributed by atoms with Gasteiger partial charge in [0.05, 0.1) is 13.2 Å². The Bertz CT molecular complexity index is 713. The summed E-state index contributed by atoms with van der Waals surface area (Å²) in [6.07, 6.45) is 2.35. The first-order valence-corrected chi connectivity index (χ1v) is 8.84. The first-order valence-electron chi connectivity index (χ1n) is 8.84. The molecule has 1 saturated heterocycles. The van der Waals surface area contributed by atoms with Crippen LogP contribution in [0.2, 0.25) is 0 Å². The molecule has 26 heavy (non-hydrogen) atoms. The van der Waals surface area contributed by atoms with Crippen molar-refractivity contribution in [3.8, 4) is 5.75 Å². The summed E-state index contributed by atoms with van der Waals surface area (Å²) in [5, 5.41) is 5.66. The summed E-state index contributed by atoms with van der Waals surface area (Å²) in [6, 6.07) is 13.5. The number of likely N-dealkylation sites (tertiary alicyclic amines) is 1. The number of ether oxygens (including phenoxy) is 1. The van der Waals surface area contributed by atoms with Crippen molar-refractivity contribution in [1.29, 1.82) is 0 Å². The van der Waals surface area contributed by atoms with Crippen molar-refractivity contribution in [2.75, 3.05) is 32.1 Å². The van der Waals surface area contributed by atoms with Gasteiger partial charge in [0.15, 0.2) is 0 Å². The first kappa shape index (κ1) is 18.2. The van der Waals surface area contributed by atoms with Crippen LogP contribution in [0.4, 0.5) is 14.9 Å². The van der Waals surface area contributed by atoms with Crippen molar-refractivity contribution < 1.29 is 13.9 Å². The number of hydrogen-bond acceptors (Lipinski definition) is 3. The minimum absolute atomic E-state index is 0.113. The van der Waals surface area contributed by atoms with Gasteiger partial charge >= 0.3 is 6.03 Å². The van der Waals surface area contributed by atoms with Crippen LogP contribution in [0.5, 0.6) is 5.75 Å². The van der Waals surface area contributed by atoms with Crippen molar-refractivity contribution in [3.05, 3.63) is 59.9 Å². The van der Waals surface area contributed by atoms with Crippen LogP contribution in [-0.4, -0.2) is 37.7 Å². The lowest BCUT2D eigenvalue weighted by Gasteiger charge is -2.28. The largest absolute Gasteiger partial charge is 0.497 e. The molecule has 0 saturated carbocycles. The molecular weight excluding hydrogens is 333 g/mol. The minimum atomic E-state index is -0.329. The Labute approximate surface area is 153 Å². The molecule has 2 aromatic rings. The van der Waals surface area contributed by atoms with Crippen LogP contribution in [0.25, 0.3) is 0 Å². The molecule has 0 bridgehead atoms. The number of carbonyl (C=O) groups excluding carboxylic acids is 1. The fraction of sp³-hybridized carbons (Fsp3) is 0.350. The molecule has 1 heterocycles. The SMILES string of the molecule is COc1ccc([C@H](CNC(=O)Nc2ccc(F)cc2)N2CCCC2)cc1. The summed E-state index contributed by atoms with van der Waals surface area (Å²) >= 11 is 0. The lowest BCUT2D eigenvalue weighted by molar-refractivity contribution is 0.227. The lowest BCUT2D eigenvalue weighted by Crippen LogP contribution is -2.38. The molecule has 1 atom stereocenters. The van der Waals surface area contributed by atoms with Gasteiger partial charge in [-0.3, -0.25) is 4.90 Å². The molecule has 0 radical (unpaired) electrons. The molecule has 0 unspecified atom stereocenters. The molecule has 2 aromatic carbocycles. The highest BCUT2D eigenvalue weighted by Gasteiger charge is 2.24. The van der Waals surface area contributed by atoms with Gasteiger partial charge in [0.25, 0.3) is 0 Å². The molecule has 1 aliphatic heterocycles. The van der Waals surface area contributed by atoms with Crippen LogP contribution < -0.4 is 15.4 Å². The zero-order valence-electron chi connectivity index (χ0n) is 14.9. The predicted molar refractivity (Wildman–Crippen MR) is 100.0 cm³/mol. The average molecular weight is 357 g/mol. The summed E-state index contributed by atoms with van der Waals surface area (Å²) in [4.78, 5) is 14.6. The van der Waals surface area contributed by atoms with Crippen LogP contribution in [0, 0.1) is 5.82 Å². The highest BCUT2D eigenvalue weighted by atomic mass is 19.1. The summed E-state index contributed by atoms with van der Waals surface area (Å²) in [5.74, 6) is 0.487. The zero-order valence-corrected chi connectivity index (χ0v) is 14.9. The van der Waals surface area contributed by atoms with E-state index in [9.17, 15) is 9.18 Å². The second-order valence-corrected chi connectivity index (χ2v) is 6.37. The first-order chi connectivity index (χ1) is 12.7. The van der Waals surface area contributed by atoms with E-state index in [1.165, 1.54) is 37.1 Å². The maximum absolute atomic E-state index is 12.9. The quantitative estimate of drug-likeness (QED) is 0.827. The van der Waals surface area contributed by atoms with Gasteiger partial charge < -0.3 is 15.4 Å². The molecule has 0 spiro atoms. The Morgan fingerprint density at radius 2 is 1.77 bits per heavy atom. The summed E-state index contributed by atoms with van der Waals surface area (Å²) in [5.41, 5.74) is 1.71. The van der Waals surface area contributed by atoms with Gasteiger partial charge in [0, 0.05) is 12.2 Å². The second-order valence-electron chi connectivity index (χ2n) is 6.37. The van der Waals surface area contributed by atoms with Crippen molar-refractivity contribution in [1.82, 2.24) is 10.2 Å². The fourth-order valence-electron chi connectivity index (χ4n) is 3.23. The third-order valence-corrected chi connectivity index (χ3v) is 4.64. The van der Waals surface area contributed by atoms with Gasteiger partial charge in [0.2, 0.25) is 0 Å². The van der Waals surface area contributed by atoms with Crippen LogP contribution in [-0.2, 0) is 0 Å². The highest BCUT2D eigenvalue weighted by molar-refractivity contribution is 5.89.